The number of rotatable bonds is 5. The minimum atomic E-state index is -3.66. The number of amides is 1. The van der Waals surface area contributed by atoms with E-state index in [1.165, 1.54) is 25.2 Å². The molecule has 2 aromatic carbocycles. The first kappa shape index (κ1) is 18.1. The van der Waals surface area contributed by atoms with Crippen LogP contribution in [0.4, 0.5) is 4.39 Å². The van der Waals surface area contributed by atoms with E-state index in [1.807, 2.05) is 0 Å². The van der Waals surface area contributed by atoms with E-state index in [9.17, 15) is 17.6 Å². The van der Waals surface area contributed by atoms with E-state index in [2.05, 4.69) is 10.0 Å². The van der Waals surface area contributed by atoms with Gasteiger partial charge in [-0.05, 0) is 61.9 Å². The lowest BCUT2D eigenvalue weighted by Gasteiger charge is -2.12. The molecule has 0 aliphatic heterocycles. The summed E-state index contributed by atoms with van der Waals surface area (Å²) in [6.07, 6.45) is 0. The van der Waals surface area contributed by atoms with Gasteiger partial charge in [0.1, 0.15) is 5.82 Å². The number of nitrogens with one attached hydrogen (secondary N) is 2. The fourth-order valence-corrected chi connectivity index (χ4v) is 3.34. The van der Waals surface area contributed by atoms with Crippen molar-refractivity contribution in [3.05, 3.63) is 64.5 Å². The van der Waals surface area contributed by atoms with Crippen LogP contribution in [0.2, 0.25) is 0 Å². The molecule has 0 radical (unpaired) electrons. The highest BCUT2D eigenvalue weighted by molar-refractivity contribution is 7.89. The van der Waals surface area contributed by atoms with Gasteiger partial charge in [0, 0.05) is 12.1 Å². The molecule has 0 aliphatic carbocycles. The predicted molar refractivity (Wildman–Crippen MR) is 89.7 cm³/mol. The normalized spacial score (nSPS) is 11.3. The lowest BCUT2D eigenvalue weighted by molar-refractivity contribution is 0.0950. The van der Waals surface area contributed by atoms with E-state index in [-0.39, 0.29) is 22.8 Å². The van der Waals surface area contributed by atoms with Gasteiger partial charge in [0.05, 0.1) is 4.90 Å². The lowest BCUT2D eigenvalue weighted by Crippen LogP contribution is -2.25. The van der Waals surface area contributed by atoms with Crippen LogP contribution in [-0.4, -0.2) is 21.4 Å². The summed E-state index contributed by atoms with van der Waals surface area (Å²) < 4.78 is 39.6. The van der Waals surface area contributed by atoms with Gasteiger partial charge in [-0.2, -0.15) is 0 Å². The molecule has 0 heterocycles. The Hall–Kier alpha value is -2.25. The van der Waals surface area contributed by atoms with Gasteiger partial charge in [0.15, 0.2) is 0 Å². The second kappa shape index (κ2) is 7.11. The van der Waals surface area contributed by atoms with Crippen molar-refractivity contribution in [2.45, 2.75) is 25.3 Å². The van der Waals surface area contributed by atoms with Gasteiger partial charge in [-0.25, -0.2) is 17.5 Å². The van der Waals surface area contributed by atoms with Crippen LogP contribution >= 0.6 is 0 Å². The van der Waals surface area contributed by atoms with Gasteiger partial charge in [0.2, 0.25) is 10.0 Å². The summed E-state index contributed by atoms with van der Waals surface area (Å²) in [6.45, 7) is 3.58. The van der Waals surface area contributed by atoms with Gasteiger partial charge in [-0.3, -0.25) is 4.79 Å². The zero-order valence-corrected chi connectivity index (χ0v) is 14.5. The molecular formula is C17H19FN2O3S. The summed E-state index contributed by atoms with van der Waals surface area (Å²) in [4.78, 5) is 12.4. The lowest BCUT2D eigenvalue weighted by atomic mass is 10.1. The molecular weight excluding hydrogens is 331 g/mol. The molecule has 0 aliphatic rings. The van der Waals surface area contributed by atoms with Crippen LogP contribution in [0.25, 0.3) is 0 Å². The van der Waals surface area contributed by atoms with Crippen molar-refractivity contribution in [2.75, 3.05) is 7.05 Å². The van der Waals surface area contributed by atoms with Gasteiger partial charge in [-0.1, -0.05) is 12.1 Å². The number of carbonyl (C=O) groups is 1. The van der Waals surface area contributed by atoms with Crippen molar-refractivity contribution < 1.29 is 17.6 Å². The number of carbonyl (C=O) groups excluding carboxylic acids is 1. The Morgan fingerprint density at radius 3 is 2.50 bits per heavy atom. The highest BCUT2D eigenvalue weighted by atomic mass is 32.2. The van der Waals surface area contributed by atoms with Crippen LogP contribution < -0.4 is 10.0 Å². The molecule has 2 N–H and O–H groups in total. The van der Waals surface area contributed by atoms with Crippen molar-refractivity contribution in [1.82, 2.24) is 10.0 Å². The molecule has 2 rings (SSSR count). The summed E-state index contributed by atoms with van der Waals surface area (Å²) >= 11 is 0. The molecule has 24 heavy (non-hydrogen) atoms. The van der Waals surface area contributed by atoms with Gasteiger partial charge in [-0.15, -0.1) is 0 Å². The number of aryl methyl sites for hydroxylation is 1. The molecule has 0 saturated heterocycles. The molecule has 0 saturated carbocycles. The van der Waals surface area contributed by atoms with E-state index in [0.29, 0.717) is 16.7 Å². The third kappa shape index (κ3) is 3.98. The van der Waals surface area contributed by atoms with E-state index in [4.69, 9.17) is 0 Å². The Labute approximate surface area is 141 Å². The Bertz CT molecular complexity index is 879. The Kier molecular flexibility index (Phi) is 5.36. The van der Waals surface area contributed by atoms with Crippen LogP contribution in [-0.2, 0) is 16.6 Å². The number of benzene rings is 2. The van der Waals surface area contributed by atoms with Gasteiger partial charge in [0.25, 0.3) is 5.91 Å². The van der Waals surface area contributed by atoms with Crippen LogP contribution in [0.1, 0.15) is 27.0 Å². The average molecular weight is 350 g/mol. The third-order valence-corrected chi connectivity index (χ3v) is 5.32. The first-order valence-electron chi connectivity index (χ1n) is 7.32. The number of halogens is 1. The fourth-order valence-electron chi connectivity index (χ4n) is 2.28. The Morgan fingerprint density at radius 2 is 1.88 bits per heavy atom. The number of hydrogen-bond donors (Lipinski definition) is 2. The van der Waals surface area contributed by atoms with Crippen LogP contribution in [0.15, 0.2) is 41.3 Å². The standard InChI is InChI=1S/C17H19FN2O3S/c1-11-7-14(9-16(12(11)2)24(22,23)19-3)17(21)20-10-13-5-4-6-15(18)8-13/h4-9,19H,10H2,1-3H3,(H,20,21). The fraction of sp³-hybridized carbons (Fsp3) is 0.235. The molecule has 0 fully saturated rings. The zero-order valence-electron chi connectivity index (χ0n) is 13.7. The average Bonchev–Trinajstić information content (AvgIpc) is 2.54. The summed E-state index contributed by atoms with van der Waals surface area (Å²) in [5.74, 6) is -0.801. The van der Waals surface area contributed by atoms with Crippen molar-refractivity contribution >= 4 is 15.9 Å². The SMILES string of the molecule is CNS(=O)(=O)c1cc(C(=O)NCc2cccc(F)c2)cc(C)c1C. The second-order valence-electron chi connectivity index (χ2n) is 5.44. The van der Waals surface area contributed by atoms with E-state index >= 15 is 0 Å². The molecule has 2 aromatic rings. The van der Waals surface area contributed by atoms with E-state index in [0.717, 1.165) is 0 Å². The summed E-state index contributed by atoms with van der Waals surface area (Å²) in [6, 6.07) is 8.88. The van der Waals surface area contributed by atoms with Crippen molar-refractivity contribution in [1.29, 1.82) is 0 Å². The van der Waals surface area contributed by atoms with Crippen molar-refractivity contribution in [3.8, 4) is 0 Å². The predicted octanol–water partition coefficient (Wildman–Crippen LogP) is 2.28. The zero-order chi connectivity index (χ0) is 17.9. The van der Waals surface area contributed by atoms with Crippen molar-refractivity contribution in [3.63, 3.8) is 0 Å². The largest absolute Gasteiger partial charge is 0.348 e. The first-order valence-corrected chi connectivity index (χ1v) is 8.80. The molecule has 5 nitrogen and oxygen atoms in total. The monoisotopic (exact) mass is 350 g/mol. The third-order valence-electron chi connectivity index (χ3n) is 3.78. The number of sulfonamides is 1. The maximum atomic E-state index is 13.1. The van der Waals surface area contributed by atoms with Gasteiger partial charge < -0.3 is 5.32 Å². The molecule has 0 unspecified atom stereocenters. The minimum absolute atomic E-state index is 0.0703. The van der Waals surface area contributed by atoms with Crippen LogP contribution in [0.3, 0.4) is 0 Å². The van der Waals surface area contributed by atoms with Crippen LogP contribution in [0, 0.1) is 19.7 Å². The minimum Gasteiger partial charge on any atom is -0.348 e. The summed E-state index contributed by atoms with van der Waals surface area (Å²) in [5.41, 5.74) is 2.15. The first-order chi connectivity index (χ1) is 11.2. The van der Waals surface area contributed by atoms with Gasteiger partial charge >= 0.3 is 0 Å². The summed E-state index contributed by atoms with van der Waals surface area (Å²) in [5, 5.41) is 2.66. The molecule has 0 bridgehead atoms. The topological polar surface area (TPSA) is 75.3 Å². The van der Waals surface area contributed by atoms with E-state index < -0.39 is 15.9 Å². The second-order valence-corrected chi connectivity index (χ2v) is 7.29. The molecule has 0 atom stereocenters. The molecule has 0 spiro atoms. The van der Waals surface area contributed by atoms with Crippen molar-refractivity contribution in [2.24, 2.45) is 0 Å². The molecule has 0 aromatic heterocycles. The molecule has 128 valence electrons. The summed E-state index contributed by atoms with van der Waals surface area (Å²) in [7, 11) is -2.34. The quantitative estimate of drug-likeness (QED) is 0.869. The smallest absolute Gasteiger partial charge is 0.251 e. The molecule has 7 heteroatoms. The highest BCUT2D eigenvalue weighted by Gasteiger charge is 2.19. The van der Waals surface area contributed by atoms with Crippen LogP contribution in [0.5, 0.6) is 0 Å². The highest BCUT2D eigenvalue weighted by Crippen LogP contribution is 2.21. The Morgan fingerprint density at radius 1 is 1.17 bits per heavy atom. The maximum absolute atomic E-state index is 13.1. The molecule has 1 amide bonds. The Balaban J connectivity index is 2.27. The number of hydrogen-bond acceptors (Lipinski definition) is 3. The van der Waals surface area contributed by atoms with E-state index in [1.54, 1.807) is 32.0 Å². The maximum Gasteiger partial charge on any atom is 0.251 e.